The molecule has 0 saturated carbocycles. The molecule has 1 saturated heterocycles. The highest BCUT2D eigenvalue weighted by molar-refractivity contribution is 6.86. The van der Waals surface area contributed by atoms with Gasteiger partial charge in [0.1, 0.15) is 11.4 Å². The molecular weight excluding hydrogens is 672 g/mol. The molecule has 0 spiro atoms. The minimum Gasteiger partial charge on any atom is -0.444 e. The lowest BCUT2D eigenvalue weighted by molar-refractivity contribution is -0.132. The van der Waals surface area contributed by atoms with Gasteiger partial charge in [0, 0.05) is 30.0 Å². The van der Waals surface area contributed by atoms with Crippen LogP contribution in [0.5, 0.6) is 0 Å². The third kappa shape index (κ3) is 8.22. The van der Waals surface area contributed by atoms with Crippen molar-refractivity contribution in [2.45, 2.75) is 122 Å². The SMILES string of the molecule is CC(C)[Si](C(C)C)(C(C)C)N1CCc2c(NC(=O)c3ccc(C(CC(=O)N4CCCC4c4cccc(F)c4)NC(=O)OC(C)(C)C)cc3)cccc21. The van der Waals surface area contributed by atoms with Crippen LogP contribution >= 0.6 is 0 Å². The monoisotopic (exact) mass is 728 g/mol. The summed E-state index contributed by atoms with van der Waals surface area (Å²) in [6.45, 7) is 21.1. The molecule has 280 valence electrons. The number of likely N-dealkylation sites (tertiary alicyclic amines) is 1. The molecule has 3 aromatic carbocycles. The zero-order valence-electron chi connectivity index (χ0n) is 32.4. The second-order valence-corrected chi connectivity index (χ2v) is 22.1. The van der Waals surface area contributed by atoms with Crippen LogP contribution in [-0.4, -0.2) is 49.7 Å². The number of hydrogen-bond donors (Lipinski definition) is 2. The number of carbonyl (C=O) groups excluding carboxylic acids is 3. The number of nitrogens with zero attached hydrogens (tertiary/aromatic N) is 2. The molecule has 5 rings (SSSR count). The summed E-state index contributed by atoms with van der Waals surface area (Å²) in [5, 5.41) is 6.09. The van der Waals surface area contributed by atoms with Gasteiger partial charge in [-0.2, -0.15) is 0 Å². The highest BCUT2D eigenvalue weighted by atomic mass is 28.3. The summed E-state index contributed by atoms with van der Waals surface area (Å²) in [7, 11) is -1.92. The highest BCUT2D eigenvalue weighted by Crippen LogP contribution is 2.49. The molecule has 0 radical (unpaired) electrons. The van der Waals surface area contributed by atoms with E-state index in [1.165, 1.54) is 23.4 Å². The minimum absolute atomic E-state index is 0.0167. The fourth-order valence-corrected chi connectivity index (χ4v) is 16.1. The van der Waals surface area contributed by atoms with Gasteiger partial charge in [-0.05, 0) is 110 Å². The van der Waals surface area contributed by atoms with Crippen LogP contribution in [0.15, 0.2) is 66.7 Å². The van der Waals surface area contributed by atoms with Crippen LogP contribution in [0.4, 0.5) is 20.6 Å². The number of nitrogens with one attached hydrogen (secondary N) is 2. The fourth-order valence-electron chi connectivity index (χ4n) is 9.07. The Morgan fingerprint density at radius 3 is 2.17 bits per heavy atom. The predicted octanol–water partition coefficient (Wildman–Crippen LogP) is 9.94. The minimum atomic E-state index is -1.92. The molecule has 10 heteroatoms. The third-order valence-electron chi connectivity index (χ3n) is 11.0. The topological polar surface area (TPSA) is 91.0 Å². The normalized spacial score (nSPS) is 16.8. The highest BCUT2D eigenvalue weighted by Gasteiger charge is 2.50. The van der Waals surface area contributed by atoms with E-state index in [0.29, 0.717) is 34.3 Å². The molecule has 3 amide bonds. The van der Waals surface area contributed by atoms with E-state index in [4.69, 9.17) is 4.74 Å². The van der Waals surface area contributed by atoms with Crippen molar-refractivity contribution in [2.24, 2.45) is 0 Å². The Bertz CT molecular complexity index is 1730. The van der Waals surface area contributed by atoms with Gasteiger partial charge in [0.15, 0.2) is 8.24 Å². The van der Waals surface area contributed by atoms with Crippen LogP contribution in [0.3, 0.4) is 0 Å². The van der Waals surface area contributed by atoms with Crippen molar-refractivity contribution in [3.63, 3.8) is 0 Å². The molecular formula is C42H57FN4O4Si. The van der Waals surface area contributed by atoms with Crippen molar-refractivity contribution in [2.75, 3.05) is 23.0 Å². The van der Waals surface area contributed by atoms with Gasteiger partial charge in [0.25, 0.3) is 5.91 Å². The maximum absolute atomic E-state index is 14.1. The molecule has 2 unspecified atom stereocenters. The zero-order valence-corrected chi connectivity index (χ0v) is 33.4. The number of ether oxygens (including phenoxy) is 1. The zero-order chi connectivity index (χ0) is 38.0. The first-order valence-corrected chi connectivity index (χ1v) is 21.1. The maximum Gasteiger partial charge on any atom is 0.408 e. The van der Waals surface area contributed by atoms with Gasteiger partial charge < -0.3 is 24.8 Å². The average Bonchev–Trinajstić information content (AvgIpc) is 3.73. The van der Waals surface area contributed by atoms with E-state index in [-0.39, 0.29) is 30.1 Å². The number of benzene rings is 3. The maximum atomic E-state index is 14.1. The Morgan fingerprint density at radius 2 is 1.56 bits per heavy atom. The van der Waals surface area contributed by atoms with Crippen molar-refractivity contribution in [3.05, 3.63) is 94.8 Å². The molecule has 0 aromatic heterocycles. The van der Waals surface area contributed by atoms with Gasteiger partial charge in [-0.25, -0.2) is 9.18 Å². The van der Waals surface area contributed by atoms with Crippen LogP contribution in [0.25, 0.3) is 0 Å². The molecule has 2 heterocycles. The number of alkyl carbamates (subject to hydrolysis) is 1. The Hall–Kier alpha value is -4.18. The van der Waals surface area contributed by atoms with Gasteiger partial charge in [0.2, 0.25) is 5.91 Å². The van der Waals surface area contributed by atoms with E-state index in [0.717, 1.165) is 37.1 Å². The van der Waals surface area contributed by atoms with Crippen molar-refractivity contribution < 1.29 is 23.5 Å². The second kappa shape index (κ2) is 15.8. The number of fused-ring (bicyclic) bond motifs is 1. The van der Waals surface area contributed by atoms with Gasteiger partial charge in [-0.15, -0.1) is 0 Å². The molecule has 2 aliphatic heterocycles. The number of carbonyl (C=O) groups is 3. The smallest absolute Gasteiger partial charge is 0.408 e. The fraction of sp³-hybridized carbons (Fsp3) is 0.500. The molecule has 3 aromatic rings. The van der Waals surface area contributed by atoms with Crippen molar-refractivity contribution in [1.29, 1.82) is 0 Å². The second-order valence-electron chi connectivity index (χ2n) is 16.3. The summed E-state index contributed by atoms with van der Waals surface area (Å²) in [5.74, 6) is -0.710. The van der Waals surface area contributed by atoms with Crippen LogP contribution in [0.2, 0.25) is 16.6 Å². The van der Waals surface area contributed by atoms with Crippen LogP contribution in [-0.2, 0) is 16.0 Å². The first-order chi connectivity index (χ1) is 24.5. The Labute approximate surface area is 310 Å². The number of anilines is 2. The van der Waals surface area contributed by atoms with Gasteiger partial charge >= 0.3 is 6.09 Å². The van der Waals surface area contributed by atoms with Crippen LogP contribution in [0.1, 0.15) is 121 Å². The Kier molecular flexibility index (Phi) is 11.9. The first kappa shape index (κ1) is 39.0. The summed E-state index contributed by atoms with van der Waals surface area (Å²) < 4.78 is 22.3. The molecule has 52 heavy (non-hydrogen) atoms. The third-order valence-corrected chi connectivity index (χ3v) is 17.9. The summed E-state index contributed by atoms with van der Waals surface area (Å²) in [4.78, 5) is 42.2. The largest absolute Gasteiger partial charge is 0.444 e. The van der Waals surface area contributed by atoms with Gasteiger partial charge in [0.05, 0.1) is 18.5 Å². The van der Waals surface area contributed by atoms with Gasteiger partial charge in [-0.3, -0.25) is 9.59 Å². The Morgan fingerprint density at radius 1 is 0.904 bits per heavy atom. The Balaban J connectivity index is 1.35. The first-order valence-electron chi connectivity index (χ1n) is 18.9. The summed E-state index contributed by atoms with van der Waals surface area (Å²) in [5.41, 5.74) is 6.16. The number of halogens is 1. The molecule has 8 nitrogen and oxygen atoms in total. The summed E-state index contributed by atoms with van der Waals surface area (Å²) in [6, 6.07) is 18.7. The van der Waals surface area contributed by atoms with Crippen LogP contribution in [0, 0.1) is 5.82 Å². The standard InChI is InChI=1S/C42H57FN4O4Si/c1-27(2)52(28(3)4,29(5)6)47-24-22-34-35(15-11-16-38(34)47)44-40(49)31-20-18-30(19-21-31)36(45-41(50)51-42(7,8)9)26-39(48)46-23-12-17-37(46)32-13-10-14-33(43)25-32/h10-11,13-16,18-21,25,27-29,36-37H,12,17,22-24,26H2,1-9H3,(H,44,49)(H,45,50). The average molecular weight is 729 g/mol. The van der Waals surface area contributed by atoms with E-state index in [9.17, 15) is 18.8 Å². The van der Waals surface area contributed by atoms with E-state index in [1.54, 1.807) is 56.0 Å². The molecule has 2 N–H and O–H groups in total. The van der Waals surface area contributed by atoms with Crippen molar-refractivity contribution in [3.8, 4) is 0 Å². The molecule has 2 aliphatic rings. The van der Waals surface area contributed by atoms with Crippen molar-refractivity contribution in [1.82, 2.24) is 10.2 Å². The predicted molar refractivity (Wildman–Crippen MR) is 210 cm³/mol. The molecule has 1 fully saturated rings. The molecule has 0 bridgehead atoms. The van der Waals surface area contributed by atoms with E-state index < -0.39 is 26.0 Å². The van der Waals surface area contributed by atoms with Crippen molar-refractivity contribution >= 4 is 37.5 Å². The summed E-state index contributed by atoms with van der Waals surface area (Å²) in [6.07, 6.45) is 1.77. The molecule has 2 atom stereocenters. The van der Waals surface area contributed by atoms with E-state index in [1.807, 2.05) is 18.2 Å². The van der Waals surface area contributed by atoms with E-state index >= 15 is 0 Å². The van der Waals surface area contributed by atoms with Crippen LogP contribution < -0.4 is 15.2 Å². The lowest BCUT2D eigenvalue weighted by Crippen LogP contribution is -2.60. The summed E-state index contributed by atoms with van der Waals surface area (Å²) >= 11 is 0. The van der Waals surface area contributed by atoms with Gasteiger partial charge in [-0.1, -0.05) is 71.9 Å². The van der Waals surface area contributed by atoms with E-state index in [2.05, 4.69) is 62.8 Å². The molecule has 0 aliphatic carbocycles. The lowest BCUT2D eigenvalue weighted by atomic mass is 10.00. The number of amides is 3. The lowest BCUT2D eigenvalue weighted by Gasteiger charge is -2.51. The number of rotatable bonds is 11. The quantitative estimate of drug-likeness (QED) is 0.192. The number of hydrogen-bond acceptors (Lipinski definition) is 5.